The van der Waals surface area contributed by atoms with E-state index in [-0.39, 0.29) is 18.1 Å². The summed E-state index contributed by atoms with van der Waals surface area (Å²) in [5, 5.41) is 2.65. The van der Waals surface area contributed by atoms with Crippen molar-refractivity contribution in [3.63, 3.8) is 0 Å². The molecule has 1 N–H and O–H groups in total. The molecule has 19 heavy (non-hydrogen) atoms. The van der Waals surface area contributed by atoms with Crippen molar-refractivity contribution in [3.8, 4) is 0 Å². The van der Waals surface area contributed by atoms with E-state index in [0.717, 1.165) is 6.07 Å². The van der Waals surface area contributed by atoms with Crippen LogP contribution in [0.1, 0.15) is 11.3 Å². The molecule has 1 heterocycles. The highest BCUT2D eigenvalue weighted by molar-refractivity contribution is 5.85. The van der Waals surface area contributed by atoms with Gasteiger partial charge in [0.25, 0.3) is 0 Å². The van der Waals surface area contributed by atoms with E-state index in [2.05, 4.69) is 15.3 Å². The van der Waals surface area contributed by atoms with Crippen molar-refractivity contribution >= 4 is 23.9 Å². The van der Waals surface area contributed by atoms with Crippen LogP contribution in [0, 0.1) is 6.92 Å². The second-order valence-electron chi connectivity index (χ2n) is 3.71. The maximum Gasteiger partial charge on any atom is 0.418 e. The molecule has 1 aromatic heterocycles. The minimum absolute atomic E-state index is 0. The van der Waals surface area contributed by atoms with E-state index in [1.165, 1.54) is 24.5 Å². The molecule has 0 radical (unpaired) electrons. The van der Waals surface area contributed by atoms with Crippen LogP contribution in [-0.4, -0.2) is 9.97 Å². The summed E-state index contributed by atoms with van der Waals surface area (Å²) in [4.78, 5) is 7.75. The fourth-order valence-electron chi connectivity index (χ4n) is 1.50. The molecule has 3 nitrogen and oxygen atoms in total. The smallest absolute Gasteiger partial charge is 0.340 e. The van der Waals surface area contributed by atoms with E-state index in [1.807, 2.05) is 0 Å². The van der Waals surface area contributed by atoms with Gasteiger partial charge >= 0.3 is 6.18 Å². The number of benzene rings is 1. The normalized spacial score (nSPS) is 10.7. The van der Waals surface area contributed by atoms with Crippen LogP contribution in [0.25, 0.3) is 0 Å². The molecular formula is C12H11ClF3N3. The monoisotopic (exact) mass is 289 g/mol. The predicted molar refractivity (Wildman–Crippen MR) is 68.7 cm³/mol. The average molecular weight is 290 g/mol. The number of para-hydroxylation sites is 1. The zero-order chi connectivity index (χ0) is 13.2. The van der Waals surface area contributed by atoms with Crippen molar-refractivity contribution in [3.05, 3.63) is 47.9 Å². The van der Waals surface area contributed by atoms with Gasteiger partial charge in [-0.3, -0.25) is 0 Å². The van der Waals surface area contributed by atoms with Crippen LogP contribution in [0.15, 0.2) is 36.7 Å². The van der Waals surface area contributed by atoms with Crippen LogP contribution in [0.2, 0.25) is 0 Å². The molecule has 0 saturated carbocycles. The molecule has 2 aromatic rings. The molecule has 0 aliphatic carbocycles. The number of aryl methyl sites for hydroxylation is 1. The number of alkyl halides is 3. The van der Waals surface area contributed by atoms with Crippen molar-refractivity contribution in [1.82, 2.24) is 9.97 Å². The van der Waals surface area contributed by atoms with Crippen LogP contribution in [-0.2, 0) is 6.18 Å². The lowest BCUT2D eigenvalue weighted by Crippen LogP contribution is -2.09. The van der Waals surface area contributed by atoms with Gasteiger partial charge in [0.1, 0.15) is 12.1 Å². The molecule has 0 fully saturated rings. The summed E-state index contributed by atoms with van der Waals surface area (Å²) in [6, 6.07) is 6.84. The third kappa shape index (κ3) is 3.82. The molecule has 2 rings (SSSR count). The van der Waals surface area contributed by atoms with Crippen molar-refractivity contribution in [2.75, 3.05) is 5.32 Å². The molecule has 102 valence electrons. The van der Waals surface area contributed by atoms with Gasteiger partial charge in [-0.1, -0.05) is 12.1 Å². The number of anilines is 2. The SMILES string of the molecule is Cc1cc(Nc2ccccc2C(F)(F)F)ncn1.Cl. The molecular weight excluding hydrogens is 279 g/mol. The Bertz CT molecular complexity index is 558. The van der Waals surface area contributed by atoms with E-state index < -0.39 is 11.7 Å². The highest BCUT2D eigenvalue weighted by Crippen LogP contribution is 2.35. The summed E-state index contributed by atoms with van der Waals surface area (Å²) >= 11 is 0. The van der Waals surface area contributed by atoms with Crippen molar-refractivity contribution in [2.45, 2.75) is 13.1 Å². The van der Waals surface area contributed by atoms with Crippen LogP contribution in [0.3, 0.4) is 0 Å². The summed E-state index contributed by atoms with van der Waals surface area (Å²) < 4.78 is 38.3. The number of nitrogens with one attached hydrogen (secondary N) is 1. The van der Waals surface area contributed by atoms with Crippen molar-refractivity contribution in [1.29, 1.82) is 0 Å². The number of halogens is 4. The maximum atomic E-state index is 12.8. The highest BCUT2D eigenvalue weighted by atomic mass is 35.5. The Labute approximate surface area is 114 Å². The minimum Gasteiger partial charge on any atom is -0.340 e. The predicted octanol–water partition coefficient (Wildman–Crippen LogP) is 3.97. The van der Waals surface area contributed by atoms with Crippen LogP contribution < -0.4 is 5.32 Å². The lowest BCUT2D eigenvalue weighted by atomic mass is 10.1. The molecule has 0 spiro atoms. The van der Waals surface area contributed by atoms with E-state index in [9.17, 15) is 13.2 Å². The molecule has 0 amide bonds. The average Bonchev–Trinajstić information content (AvgIpc) is 2.28. The number of hydrogen-bond donors (Lipinski definition) is 1. The fraction of sp³-hybridized carbons (Fsp3) is 0.167. The Balaban J connectivity index is 0.00000180. The van der Waals surface area contributed by atoms with Crippen molar-refractivity contribution < 1.29 is 13.2 Å². The molecule has 7 heteroatoms. The Kier molecular flexibility index (Phi) is 4.72. The van der Waals surface area contributed by atoms with E-state index >= 15 is 0 Å². The summed E-state index contributed by atoms with van der Waals surface area (Å²) in [6.45, 7) is 1.74. The quantitative estimate of drug-likeness (QED) is 0.909. The highest BCUT2D eigenvalue weighted by Gasteiger charge is 2.33. The first kappa shape index (κ1) is 15.2. The third-order valence-electron chi connectivity index (χ3n) is 2.30. The summed E-state index contributed by atoms with van der Waals surface area (Å²) in [6.07, 6.45) is -3.10. The fourth-order valence-corrected chi connectivity index (χ4v) is 1.50. The topological polar surface area (TPSA) is 37.8 Å². The first-order valence-electron chi connectivity index (χ1n) is 5.19. The first-order valence-corrected chi connectivity index (χ1v) is 5.19. The van der Waals surface area contributed by atoms with Gasteiger partial charge in [0.15, 0.2) is 0 Å². The lowest BCUT2D eigenvalue weighted by molar-refractivity contribution is -0.136. The Hall–Kier alpha value is -1.82. The lowest BCUT2D eigenvalue weighted by Gasteiger charge is -2.13. The number of aromatic nitrogens is 2. The van der Waals surface area contributed by atoms with Gasteiger partial charge in [0.05, 0.1) is 11.3 Å². The molecule has 0 atom stereocenters. The molecule has 1 aromatic carbocycles. The zero-order valence-corrected chi connectivity index (χ0v) is 10.7. The van der Waals surface area contributed by atoms with Gasteiger partial charge < -0.3 is 5.32 Å². The van der Waals surface area contributed by atoms with Gasteiger partial charge in [0, 0.05) is 11.8 Å². The number of rotatable bonds is 2. The minimum atomic E-state index is -4.40. The second kappa shape index (κ2) is 5.88. The molecule has 0 saturated heterocycles. The first-order chi connectivity index (χ1) is 8.47. The number of nitrogens with zero attached hydrogens (tertiary/aromatic N) is 2. The summed E-state index contributed by atoms with van der Waals surface area (Å²) in [5.41, 5.74) is -0.0682. The second-order valence-corrected chi connectivity index (χ2v) is 3.71. The van der Waals surface area contributed by atoms with Gasteiger partial charge in [-0.2, -0.15) is 13.2 Å². The molecule has 0 unspecified atom stereocenters. The molecule has 0 bridgehead atoms. The number of hydrogen-bond acceptors (Lipinski definition) is 3. The summed E-state index contributed by atoms with van der Waals surface area (Å²) in [5.74, 6) is 0.333. The van der Waals surface area contributed by atoms with Gasteiger partial charge in [-0.05, 0) is 19.1 Å². The maximum absolute atomic E-state index is 12.8. The van der Waals surface area contributed by atoms with E-state index in [4.69, 9.17) is 0 Å². The Morgan fingerprint density at radius 2 is 1.79 bits per heavy atom. The zero-order valence-electron chi connectivity index (χ0n) is 9.90. The van der Waals surface area contributed by atoms with Crippen LogP contribution in [0.5, 0.6) is 0 Å². The molecule has 0 aliphatic heterocycles. The standard InChI is InChI=1S/C12H10F3N3.ClH/c1-8-6-11(17-7-16-8)18-10-5-3-2-4-9(10)12(13,14)15;/h2-7H,1H3,(H,16,17,18);1H. The van der Waals surface area contributed by atoms with Gasteiger partial charge in [-0.15, -0.1) is 12.4 Å². The van der Waals surface area contributed by atoms with Gasteiger partial charge in [0.2, 0.25) is 0 Å². The Morgan fingerprint density at radius 1 is 1.11 bits per heavy atom. The third-order valence-corrected chi connectivity index (χ3v) is 2.30. The van der Waals surface area contributed by atoms with Crippen LogP contribution in [0.4, 0.5) is 24.7 Å². The largest absolute Gasteiger partial charge is 0.418 e. The van der Waals surface area contributed by atoms with Crippen molar-refractivity contribution in [2.24, 2.45) is 0 Å². The van der Waals surface area contributed by atoms with E-state index in [1.54, 1.807) is 13.0 Å². The molecule has 0 aliphatic rings. The Morgan fingerprint density at radius 3 is 2.42 bits per heavy atom. The van der Waals surface area contributed by atoms with Crippen LogP contribution >= 0.6 is 12.4 Å². The van der Waals surface area contributed by atoms with Gasteiger partial charge in [-0.25, -0.2) is 9.97 Å². The van der Waals surface area contributed by atoms with E-state index in [0.29, 0.717) is 11.5 Å². The summed E-state index contributed by atoms with van der Waals surface area (Å²) in [7, 11) is 0.